The first-order chi connectivity index (χ1) is 11.2. The smallest absolute Gasteiger partial charge is 0.317 e. The normalized spacial score (nSPS) is 16.0. The Morgan fingerprint density at radius 2 is 1.96 bits per heavy atom. The van der Waals surface area contributed by atoms with Crippen molar-refractivity contribution in [2.45, 2.75) is 32.2 Å². The fourth-order valence-corrected chi connectivity index (χ4v) is 3.25. The van der Waals surface area contributed by atoms with E-state index in [0.717, 1.165) is 19.3 Å². The number of nitrogens with one attached hydrogen (secondary N) is 1. The molecule has 3 rings (SSSR count). The Labute approximate surface area is 136 Å². The maximum atomic E-state index is 13.8. The lowest BCUT2D eigenvalue weighted by atomic mass is 10.1. The maximum Gasteiger partial charge on any atom is 0.322 e. The van der Waals surface area contributed by atoms with E-state index >= 15 is 0 Å². The Morgan fingerprint density at radius 1 is 1.22 bits per heavy atom. The molecule has 23 heavy (non-hydrogen) atoms. The number of halogens is 1. The van der Waals surface area contributed by atoms with Crippen LogP contribution in [0.25, 0.3) is 0 Å². The minimum atomic E-state index is -0.413. The van der Waals surface area contributed by atoms with Gasteiger partial charge in [-0.1, -0.05) is 43.3 Å². The van der Waals surface area contributed by atoms with E-state index in [4.69, 9.17) is 0 Å². The van der Waals surface area contributed by atoms with Crippen LogP contribution in [0.3, 0.4) is 0 Å². The van der Waals surface area contributed by atoms with Crippen LogP contribution in [0.2, 0.25) is 0 Å². The molecule has 0 aliphatic heterocycles. The Kier molecular flexibility index (Phi) is 4.60. The number of para-hydroxylation sites is 1. The van der Waals surface area contributed by atoms with Crippen LogP contribution in [-0.4, -0.2) is 17.5 Å². The average Bonchev–Trinajstić information content (AvgIpc) is 2.98. The lowest BCUT2D eigenvalue weighted by Crippen LogP contribution is -2.38. The number of nitrogens with zero attached hydrogens (tertiary/aromatic N) is 1. The average molecular weight is 312 g/mol. The topological polar surface area (TPSA) is 32.3 Å². The van der Waals surface area contributed by atoms with Crippen LogP contribution in [0.4, 0.5) is 14.9 Å². The third-order valence-electron chi connectivity index (χ3n) is 4.32. The third kappa shape index (κ3) is 3.21. The van der Waals surface area contributed by atoms with E-state index in [9.17, 15) is 9.18 Å². The SMILES string of the molecule is CCCN(C(=O)Nc1ccccc1F)[C@@H]1CCc2ccccc21. The summed E-state index contributed by atoms with van der Waals surface area (Å²) in [6, 6.07) is 14.3. The molecule has 0 saturated heterocycles. The van der Waals surface area contributed by atoms with Crippen LogP contribution in [0.5, 0.6) is 0 Å². The van der Waals surface area contributed by atoms with Crippen molar-refractivity contribution in [3.63, 3.8) is 0 Å². The quantitative estimate of drug-likeness (QED) is 0.867. The number of anilines is 1. The Balaban J connectivity index is 1.82. The van der Waals surface area contributed by atoms with Crippen LogP contribution >= 0.6 is 0 Å². The third-order valence-corrected chi connectivity index (χ3v) is 4.32. The highest BCUT2D eigenvalue weighted by Crippen LogP contribution is 2.36. The number of rotatable bonds is 4. The van der Waals surface area contributed by atoms with Crippen LogP contribution in [0.15, 0.2) is 48.5 Å². The van der Waals surface area contributed by atoms with Crippen molar-refractivity contribution < 1.29 is 9.18 Å². The van der Waals surface area contributed by atoms with Crippen LogP contribution in [0.1, 0.15) is 36.9 Å². The molecule has 3 nitrogen and oxygen atoms in total. The molecule has 0 heterocycles. The fraction of sp³-hybridized carbons (Fsp3) is 0.316. The number of benzene rings is 2. The molecule has 0 bridgehead atoms. The van der Waals surface area contributed by atoms with E-state index in [2.05, 4.69) is 17.4 Å². The van der Waals surface area contributed by atoms with Crippen molar-refractivity contribution in [2.24, 2.45) is 0 Å². The van der Waals surface area contributed by atoms with Gasteiger partial charge < -0.3 is 10.2 Å². The van der Waals surface area contributed by atoms with E-state index in [1.165, 1.54) is 17.2 Å². The van der Waals surface area contributed by atoms with Gasteiger partial charge in [0, 0.05) is 6.54 Å². The van der Waals surface area contributed by atoms with Crippen molar-refractivity contribution in [1.29, 1.82) is 0 Å². The van der Waals surface area contributed by atoms with E-state index in [1.54, 1.807) is 18.2 Å². The largest absolute Gasteiger partial charge is 0.322 e. The van der Waals surface area contributed by atoms with Gasteiger partial charge in [0.05, 0.1) is 11.7 Å². The Morgan fingerprint density at radius 3 is 2.74 bits per heavy atom. The fourth-order valence-electron chi connectivity index (χ4n) is 3.25. The second-order valence-electron chi connectivity index (χ2n) is 5.86. The summed E-state index contributed by atoms with van der Waals surface area (Å²) in [7, 11) is 0. The summed E-state index contributed by atoms with van der Waals surface area (Å²) < 4.78 is 13.8. The van der Waals surface area contributed by atoms with Crippen molar-refractivity contribution in [3.05, 3.63) is 65.5 Å². The van der Waals surface area contributed by atoms with Gasteiger partial charge in [0.15, 0.2) is 0 Å². The van der Waals surface area contributed by atoms with Gasteiger partial charge in [-0.25, -0.2) is 9.18 Å². The first-order valence-electron chi connectivity index (χ1n) is 8.10. The number of urea groups is 1. The molecule has 1 aliphatic carbocycles. The lowest BCUT2D eigenvalue weighted by molar-refractivity contribution is 0.187. The molecule has 0 spiro atoms. The molecule has 0 radical (unpaired) electrons. The number of amides is 2. The highest BCUT2D eigenvalue weighted by molar-refractivity contribution is 5.89. The molecule has 120 valence electrons. The lowest BCUT2D eigenvalue weighted by Gasteiger charge is -2.29. The Bertz CT molecular complexity index is 701. The maximum absolute atomic E-state index is 13.8. The molecule has 0 fully saturated rings. The number of carbonyl (C=O) groups is 1. The van der Waals surface area contributed by atoms with Gasteiger partial charge in [-0.3, -0.25) is 0 Å². The van der Waals surface area contributed by atoms with Crippen molar-refractivity contribution in [3.8, 4) is 0 Å². The number of hydrogen-bond acceptors (Lipinski definition) is 1. The number of carbonyl (C=O) groups excluding carboxylic acids is 1. The van der Waals surface area contributed by atoms with Crippen molar-refractivity contribution in [2.75, 3.05) is 11.9 Å². The van der Waals surface area contributed by atoms with Crippen molar-refractivity contribution >= 4 is 11.7 Å². The molecule has 1 N–H and O–H groups in total. The number of fused-ring (bicyclic) bond motifs is 1. The van der Waals surface area contributed by atoms with Gasteiger partial charge in [0.1, 0.15) is 5.82 Å². The molecular formula is C19H21FN2O. The van der Waals surface area contributed by atoms with Crippen LogP contribution in [0, 0.1) is 5.82 Å². The zero-order chi connectivity index (χ0) is 16.2. The molecule has 2 aromatic carbocycles. The molecule has 0 unspecified atom stereocenters. The van der Waals surface area contributed by atoms with E-state index in [0.29, 0.717) is 6.54 Å². The van der Waals surface area contributed by atoms with Gasteiger partial charge in [-0.05, 0) is 42.5 Å². The van der Waals surface area contributed by atoms with Gasteiger partial charge in [-0.2, -0.15) is 0 Å². The molecule has 1 atom stereocenters. The first-order valence-corrected chi connectivity index (χ1v) is 8.10. The summed E-state index contributed by atoms with van der Waals surface area (Å²) in [5, 5.41) is 2.71. The minimum Gasteiger partial charge on any atom is -0.317 e. The monoisotopic (exact) mass is 312 g/mol. The molecular weight excluding hydrogens is 291 g/mol. The van der Waals surface area contributed by atoms with Gasteiger partial charge in [-0.15, -0.1) is 0 Å². The molecule has 0 aromatic heterocycles. The Hall–Kier alpha value is -2.36. The summed E-state index contributed by atoms with van der Waals surface area (Å²) in [6.07, 6.45) is 2.77. The van der Waals surface area contributed by atoms with E-state index in [-0.39, 0.29) is 17.8 Å². The molecule has 0 saturated carbocycles. The number of aryl methyl sites for hydroxylation is 1. The van der Waals surface area contributed by atoms with Crippen LogP contribution < -0.4 is 5.32 Å². The van der Waals surface area contributed by atoms with Gasteiger partial charge in [0.25, 0.3) is 0 Å². The van der Waals surface area contributed by atoms with Crippen molar-refractivity contribution in [1.82, 2.24) is 4.90 Å². The molecule has 4 heteroatoms. The predicted molar refractivity (Wildman–Crippen MR) is 89.9 cm³/mol. The first kappa shape index (κ1) is 15.5. The molecule has 1 aliphatic rings. The predicted octanol–water partition coefficient (Wildman–Crippen LogP) is 4.76. The summed E-state index contributed by atoms with van der Waals surface area (Å²) in [4.78, 5) is 14.5. The summed E-state index contributed by atoms with van der Waals surface area (Å²) in [5.74, 6) is -0.413. The highest BCUT2D eigenvalue weighted by Gasteiger charge is 2.30. The minimum absolute atomic E-state index is 0.0675. The zero-order valence-corrected chi connectivity index (χ0v) is 13.3. The van der Waals surface area contributed by atoms with Gasteiger partial charge >= 0.3 is 6.03 Å². The number of hydrogen-bond donors (Lipinski definition) is 1. The van der Waals surface area contributed by atoms with E-state index in [1.807, 2.05) is 24.0 Å². The van der Waals surface area contributed by atoms with Gasteiger partial charge in [0.2, 0.25) is 0 Å². The second-order valence-corrected chi connectivity index (χ2v) is 5.86. The standard InChI is InChI=1S/C19H21FN2O/c1-2-13-22(18-12-11-14-7-3-4-8-15(14)18)19(23)21-17-10-6-5-9-16(17)20/h3-10,18H,2,11-13H2,1H3,(H,21,23)/t18-/m1/s1. The summed E-state index contributed by atoms with van der Waals surface area (Å²) >= 11 is 0. The summed E-state index contributed by atoms with van der Waals surface area (Å²) in [5.41, 5.74) is 2.74. The molecule has 2 amide bonds. The highest BCUT2D eigenvalue weighted by atomic mass is 19.1. The molecule has 2 aromatic rings. The second kappa shape index (κ2) is 6.82. The summed E-state index contributed by atoms with van der Waals surface area (Å²) in [6.45, 7) is 2.70. The van der Waals surface area contributed by atoms with E-state index < -0.39 is 5.82 Å². The zero-order valence-electron chi connectivity index (χ0n) is 13.3. The van der Waals surface area contributed by atoms with Crippen LogP contribution in [-0.2, 0) is 6.42 Å².